The zero-order chi connectivity index (χ0) is 23.9. The Bertz CT molecular complexity index is 1160. The predicted octanol–water partition coefficient (Wildman–Crippen LogP) is 3.38. The number of aliphatic carboxylic acids is 1. The van der Waals surface area contributed by atoms with Gasteiger partial charge in [0.25, 0.3) is 5.91 Å². The van der Waals surface area contributed by atoms with Crippen LogP contribution in [0.15, 0.2) is 15.3 Å². The summed E-state index contributed by atoms with van der Waals surface area (Å²) in [6.45, 7) is 7.28. The summed E-state index contributed by atoms with van der Waals surface area (Å²) in [4.78, 5) is 36.7. The smallest absolute Gasteiger partial charge is 0.339 e. The molecule has 2 N–H and O–H groups in total. The highest BCUT2D eigenvalue weighted by molar-refractivity contribution is 5.93. The summed E-state index contributed by atoms with van der Waals surface area (Å²) in [6.07, 6.45) is 4.35. The van der Waals surface area contributed by atoms with Gasteiger partial charge < -0.3 is 24.3 Å². The van der Waals surface area contributed by atoms with Gasteiger partial charge in [0.15, 0.2) is 6.61 Å². The number of ether oxygens (including phenoxy) is 2. The molecule has 2 unspecified atom stereocenters. The van der Waals surface area contributed by atoms with E-state index < -0.39 is 17.9 Å². The highest BCUT2D eigenvalue weighted by Crippen LogP contribution is 2.44. The third-order valence-electron chi connectivity index (χ3n) is 6.79. The lowest BCUT2D eigenvalue weighted by atomic mass is 9.91. The number of carbonyl (C=O) groups excluding carboxylic acids is 1. The van der Waals surface area contributed by atoms with Crippen LogP contribution in [-0.2, 0) is 28.9 Å². The molecule has 0 spiro atoms. The first kappa shape index (κ1) is 23.1. The normalized spacial score (nSPS) is 18.1. The van der Waals surface area contributed by atoms with Gasteiger partial charge in [-0.1, -0.05) is 20.3 Å². The van der Waals surface area contributed by atoms with Crippen LogP contribution in [0.3, 0.4) is 0 Å². The Hall–Kier alpha value is -3.03. The number of fused-ring (bicyclic) bond motifs is 5. The maximum atomic E-state index is 12.6. The van der Waals surface area contributed by atoms with Crippen LogP contribution in [-0.4, -0.2) is 35.2 Å². The lowest BCUT2D eigenvalue weighted by molar-refractivity contribution is -0.143. The number of hydrogen-bond donors (Lipinski definition) is 2. The van der Waals surface area contributed by atoms with E-state index in [1.165, 1.54) is 0 Å². The molecule has 1 aliphatic carbocycles. The van der Waals surface area contributed by atoms with E-state index in [0.717, 1.165) is 30.4 Å². The monoisotopic (exact) mass is 457 g/mol. The average Bonchev–Trinajstić information content (AvgIpc) is 3.24. The van der Waals surface area contributed by atoms with Crippen LogP contribution >= 0.6 is 0 Å². The summed E-state index contributed by atoms with van der Waals surface area (Å²) in [5.74, 6) is -0.826. The standard InChI is InChI=1S/C25H31NO7/c1-5-13(2)21(23(28)29)26-19(27)12-31-18-11-17-16(9-10-25(3,4)33-17)22-20(18)14-7-6-8-15(14)24(30)32-22/h11,13,21H,5-10,12H2,1-4H3,(H,26,27)(H,28,29). The van der Waals surface area contributed by atoms with Crippen LogP contribution in [0.25, 0.3) is 11.0 Å². The summed E-state index contributed by atoms with van der Waals surface area (Å²) in [6, 6.07) is 0.783. The number of aryl methyl sites for hydroxylation is 2. The fourth-order valence-corrected chi connectivity index (χ4v) is 4.71. The van der Waals surface area contributed by atoms with Crippen LogP contribution < -0.4 is 20.4 Å². The van der Waals surface area contributed by atoms with Crippen molar-refractivity contribution in [1.29, 1.82) is 0 Å². The van der Waals surface area contributed by atoms with E-state index in [0.29, 0.717) is 47.3 Å². The fraction of sp³-hybridized carbons (Fsp3) is 0.560. The van der Waals surface area contributed by atoms with Crippen LogP contribution in [0.4, 0.5) is 0 Å². The second kappa shape index (κ2) is 8.72. The Morgan fingerprint density at radius 2 is 1.94 bits per heavy atom. The topological polar surface area (TPSA) is 115 Å². The predicted molar refractivity (Wildman–Crippen MR) is 122 cm³/mol. The van der Waals surface area contributed by atoms with Crippen molar-refractivity contribution in [2.24, 2.45) is 5.92 Å². The Balaban J connectivity index is 1.70. The van der Waals surface area contributed by atoms with Crippen molar-refractivity contribution in [3.8, 4) is 11.5 Å². The quantitative estimate of drug-likeness (QED) is 0.613. The Labute approximate surface area is 192 Å². The highest BCUT2D eigenvalue weighted by Gasteiger charge is 2.33. The number of nitrogens with one attached hydrogen (secondary N) is 1. The van der Waals surface area contributed by atoms with E-state index >= 15 is 0 Å². The molecule has 0 radical (unpaired) electrons. The third kappa shape index (κ3) is 4.43. The van der Waals surface area contributed by atoms with Gasteiger partial charge in [-0.2, -0.15) is 0 Å². The van der Waals surface area contributed by atoms with E-state index in [-0.39, 0.29) is 23.8 Å². The van der Waals surface area contributed by atoms with Gasteiger partial charge in [0.2, 0.25) is 0 Å². The molecule has 178 valence electrons. The van der Waals surface area contributed by atoms with Crippen LogP contribution in [0.5, 0.6) is 11.5 Å². The molecule has 1 amide bonds. The average molecular weight is 458 g/mol. The molecule has 1 aromatic heterocycles. The van der Waals surface area contributed by atoms with Crippen molar-refractivity contribution in [1.82, 2.24) is 5.32 Å². The molecule has 1 aromatic carbocycles. The summed E-state index contributed by atoms with van der Waals surface area (Å²) in [5.41, 5.74) is 2.18. The Morgan fingerprint density at radius 3 is 2.64 bits per heavy atom. The number of benzene rings is 1. The molecule has 8 nitrogen and oxygen atoms in total. The van der Waals surface area contributed by atoms with Crippen LogP contribution in [0.1, 0.15) is 63.6 Å². The molecular formula is C25H31NO7. The lowest BCUT2D eigenvalue weighted by Gasteiger charge is -2.33. The van der Waals surface area contributed by atoms with E-state index in [4.69, 9.17) is 13.9 Å². The molecule has 2 heterocycles. The zero-order valence-corrected chi connectivity index (χ0v) is 19.6. The highest BCUT2D eigenvalue weighted by atomic mass is 16.5. The van der Waals surface area contributed by atoms with Gasteiger partial charge in [-0.15, -0.1) is 0 Å². The SMILES string of the molecule is CCC(C)C(NC(=O)COc1cc2c(c3oc(=O)c4c(c13)CCC4)CCC(C)(C)O2)C(=O)O. The molecule has 0 saturated heterocycles. The largest absolute Gasteiger partial charge is 0.487 e. The first-order valence-corrected chi connectivity index (χ1v) is 11.6. The van der Waals surface area contributed by atoms with Crippen molar-refractivity contribution in [2.75, 3.05) is 6.61 Å². The van der Waals surface area contributed by atoms with Gasteiger partial charge in [-0.25, -0.2) is 9.59 Å². The minimum atomic E-state index is -1.08. The van der Waals surface area contributed by atoms with Gasteiger partial charge in [0.1, 0.15) is 28.7 Å². The van der Waals surface area contributed by atoms with E-state index in [1.54, 1.807) is 13.0 Å². The van der Waals surface area contributed by atoms with Gasteiger partial charge in [-0.05, 0) is 57.4 Å². The molecule has 2 aliphatic rings. The Kier molecular flexibility index (Phi) is 6.12. The van der Waals surface area contributed by atoms with Crippen molar-refractivity contribution >= 4 is 22.8 Å². The maximum Gasteiger partial charge on any atom is 0.339 e. The number of hydrogen-bond acceptors (Lipinski definition) is 6. The second-order valence-corrected chi connectivity index (χ2v) is 9.68. The van der Waals surface area contributed by atoms with E-state index in [2.05, 4.69) is 5.32 Å². The van der Waals surface area contributed by atoms with Crippen molar-refractivity contribution in [3.63, 3.8) is 0 Å². The molecule has 1 aliphatic heterocycles. The van der Waals surface area contributed by atoms with Crippen LogP contribution in [0, 0.1) is 5.92 Å². The molecule has 2 atom stereocenters. The minimum Gasteiger partial charge on any atom is -0.487 e. The molecule has 33 heavy (non-hydrogen) atoms. The Morgan fingerprint density at radius 1 is 1.21 bits per heavy atom. The number of rotatable bonds is 7. The first-order valence-electron chi connectivity index (χ1n) is 11.6. The van der Waals surface area contributed by atoms with Crippen molar-refractivity contribution in [2.45, 2.75) is 77.9 Å². The summed E-state index contributed by atoms with van der Waals surface area (Å²) in [5, 5.41) is 12.7. The molecule has 0 bridgehead atoms. The lowest BCUT2D eigenvalue weighted by Crippen LogP contribution is -2.46. The van der Waals surface area contributed by atoms with Gasteiger partial charge >= 0.3 is 11.6 Å². The van der Waals surface area contributed by atoms with Crippen molar-refractivity contribution < 1.29 is 28.6 Å². The number of carboxylic acid groups (broad SMARTS) is 1. The third-order valence-corrected chi connectivity index (χ3v) is 6.79. The zero-order valence-electron chi connectivity index (χ0n) is 19.6. The number of carbonyl (C=O) groups is 2. The number of amides is 1. The van der Waals surface area contributed by atoms with E-state index in [1.807, 2.05) is 20.8 Å². The molecular weight excluding hydrogens is 426 g/mol. The van der Waals surface area contributed by atoms with Crippen molar-refractivity contribution in [3.05, 3.63) is 33.2 Å². The molecule has 2 aromatic rings. The van der Waals surface area contributed by atoms with E-state index in [9.17, 15) is 19.5 Å². The molecule has 4 rings (SSSR count). The second-order valence-electron chi connectivity index (χ2n) is 9.68. The minimum absolute atomic E-state index is 0.218. The van der Waals surface area contributed by atoms with Gasteiger partial charge in [-0.3, -0.25) is 4.79 Å². The summed E-state index contributed by atoms with van der Waals surface area (Å²) in [7, 11) is 0. The fourth-order valence-electron chi connectivity index (χ4n) is 4.71. The summed E-state index contributed by atoms with van der Waals surface area (Å²) >= 11 is 0. The van der Waals surface area contributed by atoms with Crippen LogP contribution in [0.2, 0.25) is 0 Å². The number of carboxylic acids is 1. The summed E-state index contributed by atoms with van der Waals surface area (Å²) < 4.78 is 17.9. The maximum absolute atomic E-state index is 12.6. The molecule has 8 heteroatoms. The van der Waals surface area contributed by atoms with Gasteiger partial charge in [0, 0.05) is 17.2 Å². The molecule has 0 fully saturated rings. The molecule has 0 saturated carbocycles. The van der Waals surface area contributed by atoms with Gasteiger partial charge in [0.05, 0.1) is 5.39 Å². The first-order chi connectivity index (χ1) is 15.6.